The average Bonchev–Trinajstić information content (AvgIpc) is 2.23. The Morgan fingerprint density at radius 1 is 1.12 bits per heavy atom. The predicted octanol–water partition coefficient (Wildman–Crippen LogP) is 2.62. The van der Waals surface area contributed by atoms with Gasteiger partial charge in [-0.1, -0.05) is 34.1 Å². The molecule has 3 unspecified atom stereocenters. The molecular weight excluding hydrogens is 208 g/mol. The number of carboxylic acids is 2. The number of hydrogen-bond acceptors (Lipinski definition) is 2. The van der Waals surface area contributed by atoms with Crippen molar-refractivity contribution in [1.82, 2.24) is 0 Å². The van der Waals surface area contributed by atoms with E-state index in [1.165, 1.54) is 0 Å². The molecule has 0 aromatic heterocycles. The molecule has 0 saturated heterocycles. The van der Waals surface area contributed by atoms with Crippen molar-refractivity contribution < 1.29 is 19.8 Å². The second-order valence-electron chi connectivity index (χ2n) is 4.31. The van der Waals surface area contributed by atoms with Gasteiger partial charge >= 0.3 is 11.9 Å². The first kappa shape index (κ1) is 14.9. The van der Waals surface area contributed by atoms with E-state index < -0.39 is 23.3 Å². The Kier molecular flexibility index (Phi) is 5.48. The van der Waals surface area contributed by atoms with Crippen LogP contribution >= 0.6 is 0 Å². The fourth-order valence-electron chi connectivity index (χ4n) is 2.57. The van der Waals surface area contributed by atoms with Crippen molar-refractivity contribution in [2.45, 2.75) is 47.0 Å². The third-order valence-corrected chi connectivity index (χ3v) is 3.80. The molecule has 0 aromatic rings. The minimum atomic E-state index is -1.14. The monoisotopic (exact) mass is 230 g/mol. The van der Waals surface area contributed by atoms with Gasteiger partial charge in [-0.05, 0) is 18.8 Å². The van der Waals surface area contributed by atoms with Crippen LogP contribution in [-0.2, 0) is 9.59 Å². The molecule has 0 bridgehead atoms. The number of carbonyl (C=O) groups is 2. The Morgan fingerprint density at radius 3 is 1.81 bits per heavy atom. The molecule has 0 aliphatic carbocycles. The first-order chi connectivity index (χ1) is 7.38. The highest BCUT2D eigenvalue weighted by Gasteiger charge is 2.50. The third kappa shape index (κ3) is 2.36. The van der Waals surface area contributed by atoms with Crippen molar-refractivity contribution in [2.75, 3.05) is 0 Å². The Bertz CT molecular complexity index is 262. The van der Waals surface area contributed by atoms with E-state index in [1.807, 2.05) is 13.8 Å². The van der Waals surface area contributed by atoms with E-state index in [2.05, 4.69) is 0 Å². The predicted molar refractivity (Wildman–Crippen MR) is 61.2 cm³/mol. The maximum atomic E-state index is 11.5. The maximum absolute atomic E-state index is 11.5. The lowest BCUT2D eigenvalue weighted by molar-refractivity contribution is -0.168. The van der Waals surface area contributed by atoms with Gasteiger partial charge in [0.05, 0.1) is 11.3 Å². The van der Waals surface area contributed by atoms with Crippen LogP contribution in [0.2, 0.25) is 0 Å². The standard InChI is InChI=1S/C12H22O4/c1-5-8(4)12(7-3,11(15)16)9(6-2)10(13)14/h8-9H,5-7H2,1-4H3,(H,13,14)(H,15,16). The zero-order valence-electron chi connectivity index (χ0n) is 10.5. The fraction of sp³-hybridized carbons (Fsp3) is 0.833. The summed E-state index contributed by atoms with van der Waals surface area (Å²) in [4.78, 5) is 22.7. The van der Waals surface area contributed by atoms with E-state index in [4.69, 9.17) is 5.11 Å². The maximum Gasteiger partial charge on any atom is 0.310 e. The van der Waals surface area contributed by atoms with Crippen LogP contribution in [-0.4, -0.2) is 22.2 Å². The molecule has 0 fully saturated rings. The summed E-state index contributed by atoms with van der Waals surface area (Å²) in [6.45, 7) is 7.20. The number of aliphatic carboxylic acids is 2. The van der Waals surface area contributed by atoms with Crippen molar-refractivity contribution in [3.63, 3.8) is 0 Å². The van der Waals surface area contributed by atoms with E-state index in [0.29, 0.717) is 19.3 Å². The number of carboxylic acid groups (broad SMARTS) is 2. The van der Waals surface area contributed by atoms with E-state index >= 15 is 0 Å². The topological polar surface area (TPSA) is 74.6 Å². The molecule has 0 aliphatic rings. The van der Waals surface area contributed by atoms with Gasteiger partial charge in [0.15, 0.2) is 0 Å². The van der Waals surface area contributed by atoms with E-state index in [-0.39, 0.29) is 5.92 Å². The summed E-state index contributed by atoms with van der Waals surface area (Å²) in [5.74, 6) is -2.95. The van der Waals surface area contributed by atoms with Gasteiger partial charge in [0.2, 0.25) is 0 Å². The van der Waals surface area contributed by atoms with Crippen LogP contribution in [0, 0.1) is 17.3 Å². The normalized spacial score (nSPS) is 18.5. The molecule has 0 aromatic carbocycles. The van der Waals surface area contributed by atoms with E-state index in [1.54, 1.807) is 13.8 Å². The summed E-state index contributed by atoms with van der Waals surface area (Å²) in [5, 5.41) is 18.6. The van der Waals surface area contributed by atoms with Crippen LogP contribution in [0.5, 0.6) is 0 Å². The SMILES string of the molecule is CCC(C)C(CC)(C(=O)O)C(CC)C(=O)O. The summed E-state index contributed by atoms with van der Waals surface area (Å²) in [6.07, 6.45) is 1.37. The van der Waals surface area contributed by atoms with Gasteiger partial charge in [0.25, 0.3) is 0 Å². The van der Waals surface area contributed by atoms with Crippen molar-refractivity contribution in [2.24, 2.45) is 17.3 Å². The van der Waals surface area contributed by atoms with Crippen LogP contribution in [0.4, 0.5) is 0 Å². The smallest absolute Gasteiger partial charge is 0.310 e. The molecule has 0 heterocycles. The summed E-state index contributed by atoms with van der Waals surface area (Å²) in [7, 11) is 0. The van der Waals surface area contributed by atoms with Crippen LogP contribution < -0.4 is 0 Å². The molecule has 0 amide bonds. The van der Waals surface area contributed by atoms with Gasteiger partial charge in [0.1, 0.15) is 0 Å². The zero-order chi connectivity index (χ0) is 12.9. The minimum absolute atomic E-state index is 0.143. The first-order valence-electron chi connectivity index (χ1n) is 5.84. The third-order valence-electron chi connectivity index (χ3n) is 3.80. The van der Waals surface area contributed by atoms with Crippen molar-refractivity contribution in [3.05, 3.63) is 0 Å². The minimum Gasteiger partial charge on any atom is -0.481 e. The van der Waals surface area contributed by atoms with Crippen LogP contribution in [0.3, 0.4) is 0 Å². The molecule has 94 valence electrons. The Morgan fingerprint density at radius 2 is 1.62 bits per heavy atom. The fourth-order valence-corrected chi connectivity index (χ4v) is 2.57. The second-order valence-corrected chi connectivity index (χ2v) is 4.31. The number of hydrogen-bond donors (Lipinski definition) is 2. The molecule has 0 radical (unpaired) electrons. The quantitative estimate of drug-likeness (QED) is 0.705. The zero-order valence-corrected chi connectivity index (χ0v) is 10.5. The Hall–Kier alpha value is -1.06. The highest BCUT2D eigenvalue weighted by molar-refractivity contribution is 5.83. The molecule has 0 rings (SSSR count). The second kappa shape index (κ2) is 5.87. The van der Waals surface area contributed by atoms with Crippen LogP contribution in [0.25, 0.3) is 0 Å². The molecule has 4 nitrogen and oxygen atoms in total. The Labute approximate surface area is 96.7 Å². The van der Waals surface area contributed by atoms with Crippen molar-refractivity contribution in [3.8, 4) is 0 Å². The van der Waals surface area contributed by atoms with Gasteiger partial charge in [-0.2, -0.15) is 0 Å². The highest BCUT2D eigenvalue weighted by atomic mass is 16.4. The summed E-state index contributed by atoms with van der Waals surface area (Å²) in [5.41, 5.74) is -1.14. The molecule has 2 N–H and O–H groups in total. The molecule has 0 aliphatic heterocycles. The number of rotatable bonds is 7. The first-order valence-corrected chi connectivity index (χ1v) is 5.84. The van der Waals surface area contributed by atoms with E-state index in [9.17, 15) is 14.7 Å². The lowest BCUT2D eigenvalue weighted by atomic mass is 9.63. The molecular formula is C12H22O4. The molecule has 4 heteroatoms. The lowest BCUT2D eigenvalue weighted by Crippen LogP contribution is -2.46. The summed E-state index contributed by atoms with van der Waals surface area (Å²) < 4.78 is 0. The molecule has 0 saturated carbocycles. The molecule has 3 atom stereocenters. The van der Waals surface area contributed by atoms with Gasteiger partial charge in [0, 0.05) is 0 Å². The van der Waals surface area contributed by atoms with Crippen molar-refractivity contribution >= 4 is 11.9 Å². The van der Waals surface area contributed by atoms with Gasteiger partial charge in [-0.25, -0.2) is 0 Å². The van der Waals surface area contributed by atoms with Gasteiger partial charge in [-0.3, -0.25) is 9.59 Å². The summed E-state index contributed by atoms with van der Waals surface area (Å²) >= 11 is 0. The van der Waals surface area contributed by atoms with Crippen LogP contribution in [0.1, 0.15) is 47.0 Å². The van der Waals surface area contributed by atoms with Crippen LogP contribution in [0.15, 0.2) is 0 Å². The van der Waals surface area contributed by atoms with Gasteiger partial charge in [-0.15, -0.1) is 0 Å². The van der Waals surface area contributed by atoms with Gasteiger partial charge < -0.3 is 10.2 Å². The van der Waals surface area contributed by atoms with Crippen molar-refractivity contribution in [1.29, 1.82) is 0 Å². The average molecular weight is 230 g/mol. The summed E-state index contributed by atoms with van der Waals surface area (Å²) in [6, 6.07) is 0. The molecule has 16 heavy (non-hydrogen) atoms. The molecule has 0 spiro atoms. The van der Waals surface area contributed by atoms with E-state index in [0.717, 1.165) is 0 Å². The Balaban J connectivity index is 5.50. The largest absolute Gasteiger partial charge is 0.481 e. The lowest BCUT2D eigenvalue weighted by Gasteiger charge is -2.38. The highest BCUT2D eigenvalue weighted by Crippen LogP contribution is 2.43.